The number of rotatable bonds is 1. The molecule has 2 aliphatic heterocycles. The normalized spacial score (nSPS) is 23.0. The molecule has 0 aromatic heterocycles. The molecule has 0 saturated carbocycles. The molecule has 0 spiro atoms. The maximum absolute atomic E-state index is 12.5. The molecule has 2 N–H and O–H groups in total. The van der Waals surface area contributed by atoms with Gasteiger partial charge in [-0.15, -0.1) is 0 Å². The van der Waals surface area contributed by atoms with Gasteiger partial charge in [0.1, 0.15) is 6.17 Å². The van der Waals surface area contributed by atoms with Gasteiger partial charge in [-0.1, -0.05) is 36.4 Å². The second kappa shape index (κ2) is 4.17. The fourth-order valence-electron chi connectivity index (χ4n) is 3.02. The zero-order chi connectivity index (χ0) is 14.6. The van der Waals surface area contributed by atoms with Crippen LogP contribution in [-0.4, -0.2) is 21.8 Å². The number of nitrogens with one attached hydrogen (secondary N) is 1. The van der Waals surface area contributed by atoms with Crippen molar-refractivity contribution in [2.75, 3.05) is 0 Å². The molecule has 2 atom stereocenters. The van der Waals surface area contributed by atoms with Crippen molar-refractivity contribution in [3.8, 4) is 0 Å². The fourth-order valence-corrected chi connectivity index (χ4v) is 3.02. The molecule has 2 unspecified atom stereocenters. The summed E-state index contributed by atoms with van der Waals surface area (Å²) >= 11 is 0. The highest BCUT2D eigenvalue weighted by Crippen LogP contribution is 2.39. The second-order valence-electron chi connectivity index (χ2n) is 5.14. The molecule has 2 heterocycles. The summed E-state index contributed by atoms with van der Waals surface area (Å²) in [5.41, 5.74) is 2.30. The number of carbonyl (C=O) groups excluding carboxylic acids is 2. The van der Waals surface area contributed by atoms with E-state index in [1.165, 1.54) is 4.90 Å². The number of nitrogens with zero attached hydrogens (tertiary/aromatic N) is 1. The van der Waals surface area contributed by atoms with E-state index < -0.39 is 12.4 Å². The van der Waals surface area contributed by atoms with Crippen molar-refractivity contribution in [3.63, 3.8) is 0 Å². The highest BCUT2D eigenvalue weighted by molar-refractivity contribution is 6.02. The average molecular weight is 280 g/mol. The van der Waals surface area contributed by atoms with Crippen molar-refractivity contribution in [1.29, 1.82) is 0 Å². The van der Waals surface area contributed by atoms with Gasteiger partial charge in [0.25, 0.3) is 11.8 Å². The molecule has 4 rings (SSSR count). The Morgan fingerprint density at radius 3 is 2.24 bits per heavy atom. The monoisotopic (exact) mass is 280 g/mol. The topological polar surface area (TPSA) is 69.6 Å². The number of benzene rings is 2. The first-order chi connectivity index (χ1) is 10.2. The third-order valence-corrected chi connectivity index (χ3v) is 4.01. The predicted octanol–water partition coefficient (Wildman–Crippen LogP) is 1.58. The Labute approximate surface area is 120 Å². The van der Waals surface area contributed by atoms with E-state index >= 15 is 0 Å². The summed E-state index contributed by atoms with van der Waals surface area (Å²) in [5.74, 6) is -0.508. The molecule has 0 saturated heterocycles. The highest BCUT2D eigenvalue weighted by Gasteiger charge is 2.44. The van der Waals surface area contributed by atoms with Crippen LogP contribution in [0.15, 0.2) is 48.5 Å². The summed E-state index contributed by atoms with van der Waals surface area (Å²) in [6.07, 6.45) is -1.69. The molecule has 5 nitrogen and oxygen atoms in total. The Balaban J connectivity index is 1.80. The minimum atomic E-state index is -1.05. The van der Waals surface area contributed by atoms with Gasteiger partial charge in [-0.05, 0) is 12.1 Å². The zero-order valence-corrected chi connectivity index (χ0v) is 11.0. The summed E-state index contributed by atoms with van der Waals surface area (Å²) < 4.78 is 0. The largest absolute Gasteiger partial charge is 0.369 e. The summed E-state index contributed by atoms with van der Waals surface area (Å²) in [5, 5.41) is 13.2. The lowest BCUT2D eigenvalue weighted by Gasteiger charge is -2.28. The van der Waals surface area contributed by atoms with Gasteiger partial charge in [-0.3, -0.25) is 14.5 Å². The fraction of sp³-hybridized carbons (Fsp3) is 0.125. The van der Waals surface area contributed by atoms with Gasteiger partial charge >= 0.3 is 0 Å². The van der Waals surface area contributed by atoms with Gasteiger partial charge in [0.2, 0.25) is 0 Å². The number of hydrogen-bond acceptors (Lipinski definition) is 3. The first-order valence-corrected chi connectivity index (χ1v) is 6.68. The van der Waals surface area contributed by atoms with Crippen molar-refractivity contribution < 1.29 is 14.7 Å². The Bertz CT molecular complexity index is 772. The van der Waals surface area contributed by atoms with Crippen molar-refractivity contribution >= 4 is 11.8 Å². The molecule has 0 bridgehead atoms. The Kier molecular flexibility index (Phi) is 2.40. The summed E-state index contributed by atoms with van der Waals surface area (Å²) in [7, 11) is 0. The van der Waals surface area contributed by atoms with Gasteiger partial charge in [0.15, 0.2) is 6.23 Å². The molecule has 0 fully saturated rings. The second-order valence-corrected chi connectivity index (χ2v) is 5.14. The van der Waals surface area contributed by atoms with Crippen LogP contribution < -0.4 is 5.32 Å². The third kappa shape index (κ3) is 1.55. The number of amides is 2. The number of carbonyl (C=O) groups is 2. The van der Waals surface area contributed by atoms with Crippen LogP contribution in [0.1, 0.15) is 44.2 Å². The molecule has 104 valence electrons. The first-order valence-electron chi connectivity index (χ1n) is 6.68. The summed E-state index contributed by atoms with van der Waals surface area (Å²) in [4.78, 5) is 25.8. The molecule has 2 aliphatic rings. The van der Waals surface area contributed by atoms with Crippen LogP contribution >= 0.6 is 0 Å². The summed E-state index contributed by atoms with van der Waals surface area (Å²) in [6.45, 7) is 0. The van der Waals surface area contributed by atoms with E-state index in [4.69, 9.17) is 0 Å². The van der Waals surface area contributed by atoms with Gasteiger partial charge in [0, 0.05) is 22.3 Å². The van der Waals surface area contributed by atoms with Gasteiger partial charge in [0.05, 0.1) is 0 Å². The molecular formula is C16H12N2O3. The SMILES string of the molecule is O=C1NC(N2C(=O)c3ccccc3C2O)c2ccccc21. The van der Waals surface area contributed by atoms with Gasteiger partial charge < -0.3 is 10.4 Å². The van der Waals surface area contributed by atoms with E-state index in [1.54, 1.807) is 42.5 Å². The molecule has 21 heavy (non-hydrogen) atoms. The number of aliphatic hydroxyl groups is 1. The molecule has 0 radical (unpaired) electrons. The molecule has 2 aromatic rings. The lowest BCUT2D eigenvalue weighted by molar-refractivity contribution is -0.00797. The van der Waals surface area contributed by atoms with E-state index in [2.05, 4.69) is 5.32 Å². The van der Waals surface area contributed by atoms with Crippen LogP contribution in [0.4, 0.5) is 0 Å². The van der Waals surface area contributed by atoms with Crippen LogP contribution in [0.2, 0.25) is 0 Å². The van der Waals surface area contributed by atoms with Crippen LogP contribution in [0.25, 0.3) is 0 Å². The lowest BCUT2D eigenvalue weighted by Crippen LogP contribution is -2.38. The maximum atomic E-state index is 12.5. The third-order valence-electron chi connectivity index (χ3n) is 4.01. The lowest BCUT2D eigenvalue weighted by atomic mass is 10.1. The van der Waals surface area contributed by atoms with Gasteiger partial charge in [-0.2, -0.15) is 0 Å². The van der Waals surface area contributed by atoms with E-state index in [1.807, 2.05) is 6.07 Å². The van der Waals surface area contributed by atoms with Crippen LogP contribution in [0.5, 0.6) is 0 Å². The average Bonchev–Trinajstić information content (AvgIpc) is 2.96. The van der Waals surface area contributed by atoms with Crippen molar-refractivity contribution in [1.82, 2.24) is 10.2 Å². The molecule has 2 aromatic carbocycles. The van der Waals surface area contributed by atoms with E-state index in [0.29, 0.717) is 22.3 Å². The molecule has 5 heteroatoms. The van der Waals surface area contributed by atoms with Crippen molar-refractivity contribution in [3.05, 3.63) is 70.8 Å². The number of aliphatic hydroxyl groups excluding tert-OH is 1. The minimum absolute atomic E-state index is 0.230. The van der Waals surface area contributed by atoms with E-state index in [-0.39, 0.29) is 11.8 Å². The first kappa shape index (κ1) is 12.1. The van der Waals surface area contributed by atoms with E-state index in [9.17, 15) is 14.7 Å². The number of hydrogen-bond donors (Lipinski definition) is 2. The Morgan fingerprint density at radius 1 is 0.905 bits per heavy atom. The molecule has 2 amide bonds. The summed E-state index contributed by atoms with van der Waals surface area (Å²) in [6, 6.07) is 14.0. The van der Waals surface area contributed by atoms with Crippen LogP contribution in [0.3, 0.4) is 0 Å². The molecule has 0 aliphatic carbocycles. The predicted molar refractivity (Wildman–Crippen MR) is 74.2 cm³/mol. The highest BCUT2D eigenvalue weighted by atomic mass is 16.3. The standard InChI is InChI=1S/C16H12N2O3/c19-14-10-6-2-1-5-9(10)13(17-14)18-15(20)11-7-3-4-8-12(11)16(18)21/h1-8,13,15,20H,(H,17,19). The Morgan fingerprint density at radius 2 is 1.52 bits per heavy atom. The van der Waals surface area contributed by atoms with Crippen molar-refractivity contribution in [2.45, 2.75) is 12.4 Å². The smallest absolute Gasteiger partial charge is 0.258 e. The zero-order valence-electron chi connectivity index (χ0n) is 11.0. The molecular weight excluding hydrogens is 268 g/mol. The van der Waals surface area contributed by atoms with Gasteiger partial charge in [-0.25, -0.2) is 0 Å². The van der Waals surface area contributed by atoms with Crippen LogP contribution in [-0.2, 0) is 0 Å². The Hall–Kier alpha value is -2.66. The maximum Gasteiger partial charge on any atom is 0.258 e. The van der Waals surface area contributed by atoms with E-state index in [0.717, 1.165) is 0 Å². The minimum Gasteiger partial charge on any atom is -0.369 e. The quantitative estimate of drug-likeness (QED) is 0.833. The van der Waals surface area contributed by atoms with Crippen molar-refractivity contribution in [2.24, 2.45) is 0 Å². The van der Waals surface area contributed by atoms with Crippen LogP contribution in [0, 0.1) is 0 Å². The number of fused-ring (bicyclic) bond motifs is 2.